The largest absolute Gasteiger partial charge is 0.487 e. The first-order valence-electron chi connectivity index (χ1n) is 8.93. The highest BCUT2D eigenvalue weighted by Gasteiger charge is 2.15. The molecule has 0 amide bonds. The Morgan fingerprint density at radius 1 is 1.14 bits per heavy atom. The zero-order valence-corrected chi connectivity index (χ0v) is 17.3. The number of ether oxygens (including phenoxy) is 2. The number of aromatic nitrogens is 3. The molecule has 0 saturated heterocycles. The van der Waals surface area contributed by atoms with Crippen LogP contribution in [0.15, 0.2) is 53.7 Å². The van der Waals surface area contributed by atoms with E-state index >= 15 is 0 Å². The molecule has 6 nitrogen and oxygen atoms in total. The third kappa shape index (κ3) is 5.71. The molecule has 0 aliphatic heterocycles. The Bertz CT molecular complexity index is 966. The van der Waals surface area contributed by atoms with Gasteiger partial charge in [-0.2, -0.15) is 0 Å². The molecule has 3 aromatic rings. The van der Waals surface area contributed by atoms with Crippen LogP contribution in [0.1, 0.15) is 6.92 Å². The number of nitrogens with zero attached hydrogens (tertiary/aromatic N) is 3. The Labute approximate surface area is 177 Å². The highest BCUT2D eigenvalue weighted by molar-refractivity contribution is 7.99. The summed E-state index contributed by atoms with van der Waals surface area (Å²) in [5.74, 6) is 0.0518. The molecule has 0 atom stereocenters. The summed E-state index contributed by atoms with van der Waals surface area (Å²) in [4.78, 5) is 12.0. The van der Waals surface area contributed by atoms with Crippen molar-refractivity contribution in [2.24, 2.45) is 0 Å². The Balaban J connectivity index is 1.49. The molecule has 0 N–H and O–H groups in total. The van der Waals surface area contributed by atoms with Crippen molar-refractivity contribution in [1.82, 2.24) is 14.8 Å². The van der Waals surface area contributed by atoms with Crippen molar-refractivity contribution in [1.29, 1.82) is 0 Å². The first-order chi connectivity index (χ1) is 14.1. The molecule has 1 aromatic heterocycles. The van der Waals surface area contributed by atoms with E-state index in [9.17, 15) is 9.18 Å². The van der Waals surface area contributed by atoms with Gasteiger partial charge in [-0.1, -0.05) is 35.5 Å². The van der Waals surface area contributed by atoms with Gasteiger partial charge in [-0.05, 0) is 43.3 Å². The zero-order valence-electron chi connectivity index (χ0n) is 15.7. The molecule has 1 heterocycles. The van der Waals surface area contributed by atoms with Gasteiger partial charge in [0.05, 0.1) is 5.75 Å². The van der Waals surface area contributed by atoms with Gasteiger partial charge in [-0.25, -0.2) is 4.39 Å². The molecule has 2 aromatic carbocycles. The molecule has 0 fully saturated rings. The van der Waals surface area contributed by atoms with E-state index in [2.05, 4.69) is 10.2 Å². The van der Waals surface area contributed by atoms with Crippen LogP contribution in [0.4, 0.5) is 4.39 Å². The minimum Gasteiger partial charge on any atom is -0.487 e. The lowest BCUT2D eigenvalue weighted by Crippen LogP contribution is -2.14. The van der Waals surface area contributed by atoms with E-state index in [1.807, 2.05) is 23.6 Å². The second-order valence-corrected chi connectivity index (χ2v) is 7.22. The summed E-state index contributed by atoms with van der Waals surface area (Å²) in [6, 6.07) is 13.4. The van der Waals surface area contributed by atoms with Crippen molar-refractivity contribution in [3.63, 3.8) is 0 Å². The predicted molar refractivity (Wildman–Crippen MR) is 110 cm³/mol. The van der Waals surface area contributed by atoms with E-state index in [-0.39, 0.29) is 24.7 Å². The Kier molecular flexibility index (Phi) is 7.48. The predicted octanol–water partition coefficient (Wildman–Crippen LogP) is 4.47. The number of carbonyl (C=O) groups excluding carboxylic acids is 1. The van der Waals surface area contributed by atoms with Crippen LogP contribution in [-0.4, -0.2) is 39.7 Å². The topological polar surface area (TPSA) is 66.2 Å². The van der Waals surface area contributed by atoms with E-state index in [4.69, 9.17) is 21.1 Å². The van der Waals surface area contributed by atoms with Crippen molar-refractivity contribution in [2.45, 2.75) is 18.6 Å². The first-order valence-corrected chi connectivity index (χ1v) is 10.3. The third-order valence-corrected chi connectivity index (χ3v) is 5.09. The number of thioether (sulfide) groups is 1. The van der Waals surface area contributed by atoms with Crippen LogP contribution in [0.5, 0.6) is 5.75 Å². The molecule has 0 bridgehead atoms. The lowest BCUT2D eigenvalue weighted by Gasteiger charge is -2.09. The fourth-order valence-electron chi connectivity index (χ4n) is 2.53. The van der Waals surface area contributed by atoms with Crippen LogP contribution in [-0.2, 0) is 16.1 Å². The maximum Gasteiger partial charge on any atom is 0.316 e. The van der Waals surface area contributed by atoms with Crippen molar-refractivity contribution >= 4 is 29.3 Å². The first kappa shape index (κ1) is 21.1. The smallest absolute Gasteiger partial charge is 0.316 e. The van der Waals surface area contributed by atoms with Crippen molar-refractivity contribution in [3.05, 3.63) is 59.4 Å². The number of esters is 1. The van der Waals surface area contributed by atoms with Crippen LogP contribution in [0, 0.1) is 5.82 Å². The summed E-state index contributed by atoms with van der Waals surface area (Å²) in [6.07, 6.45) is 0. The summed E-state index contributed by atoms with van der Waals surface area (Å²) in [6.45, 7) is 2.73. The number of halogens is 2. The second kappa shape index (κ2) is 10.3. The minimum atomic E-state index is -0.454. The highest BCUT2D eigenvalue weighted by Crippen LogP contribution is 2.25. The molecular weight excluding hydrogens is 417 g/mol. The average Bonchev–Trinajstić information content (AvgIpc) is 3.14. The molecule has 3 rings (SSSR count). The van der Waals surface area contributed by atoms with E-state index in [0.717, 1.165) is 5.56 Å². The van der Waals surface area contributed by atoms with Crippen LogP contribution < -0.4 is 4.74 Å². The van der Waals surface area contributed by atoms with Gasteiger partial charge in [0.25, 0.3) is 0 Å². The Morgan fingerprint density at radius 2 is 1.90 bits per heavy atom. The van der Waals surface area contributed by atoms with Crippen molar-refractivity contribution in [2.75, 3.05) is 19.0 Å². The molecule has 0 spiro atoms. The van der Waals surface area contributed by atoms with Gasteiger partial charge >= 0.3 is 5.97 Å². The molecule has 9 heteroatoms. The summed E-state index contributed by atoms with van der Waals surface area (Å²) >= 11 is 7.17. The molecule has 0 radical (unpaired) electrons. The Hall–Kier alpha value is -2.58. The van der Waals surface area contributed by atoms with E-state index in [1.54, 1.807) is 24.3 Å². The molecule has 152 valence electrons. The number of hydrogen-bond acceptors (Lipinski definition) is 6. The number of hydrogen-bond donors (Lipinski definition) is 0. The Morgan fingerprint density at radius 3 is 2.62 bits per heavy atom. The SMILES string of the molecule is CCn1c(SCC(=O)OCCOc2ccccc2F)nnc1-c1ccc(Cl)cc1. The fraction of sp³-hybridized carbons (Fsp3) is 0.250. The highest BCUT2D eigenvalue weighted by atomic mass is 35.5. The molecule has 0 unspecified atom stereocenters. The maximum atomic E-state index is 13.4. The van der Waals surface area contributed by atoms with Gasteiger partial charge in [0.1, 0.15) is 13.2 Å². The van der Waals surface area contributed by atoms with E-state index in [0.29, 0.717) is 22.5 Å². The van der Waals surface area contributed by atoms with E-state index < -0.39 is 11.8 Å². The van der Waals surface area contributed by atoms with Crippen LogP contribution in [0.25, 0.3) is 11.4 Å². The van der Waals surface area contributed by atoms with Crippen molar-refractivity contribution < 1.29 is 18.7 Å². The lowest BCUT2D eigenvalue weighted by molar-refractivity contribution is -0.141. The third-order valence-electron chi connectivity index (χ3n) is 3.90. The molecule has 0 saturated carbocycles. The summed E-state index contributed by atoms with van der Waals surface area (Å²) < 4.78 is 25.7. The van der Waals surface area contributed by atoms with Gasteiger partial charge < -0.3 is 14.0 Å². The van der Waals surface area contributed by atoms with Crippen LogP contribution in [0.2, 0.25) is 5.02 Å². The van der Waals surface area contributed by atoms with Gasteiger partial charge in [0, 0.05) is 17.1 Å². The second-order valence-electron chi connectivity index (χ2n) is 5.85. The van der Waals surface area contributed by atoms with Gasteiger partial charge in [0.15, 0.2) is 22.5 Å². The standard InChI is InChI=1S/C20H19ClFN3O3S/c1-2-25-19(14-7-9-15(21)10-8-14)23-24-20(25)29-13-18(26)28-12-11-27-17-6-4-3-5-16(17)22/h3-10H,2,11-13H2,1H3. The minimum absolute atomic E-state index is 0.0320. The number of benzene rings is 2. The average molecular weight is 436 g/mol. The molecule has 29 heavy (non-hydrogen) atoms. The normalized spacial score (nSPS) is 10.7. The van der Waals surface area contributed by atoms with E-state index in [1.165, 1.54) is 23.9 Å². The quantitative estimate of drug-likeness (QED) is 0.280. The van der Waals surface area contributed by atoms with Crippen LogP contribution >= 0.6 is 23.4 Å². The van der Waals surface area contributed by atoms with Crippen molar-refractivity contribution in [3.8, 4) is 17.1 Å². The van der Waals surface area contributed by atoms with Gasteiger partial charge in [-0.3, -0.25) is 4.79 Å². The van der Waals surface area contributed by atoms with Crippen LogP contribution in [0.3, 0.4) is 0 Å². The summed E-state index contributed by atoms with van der Waals surface area (Å²) in [5.41, 5.74) is 0.892. The molecular formula is C20H19ClFN3O3S. The number of rotatable bonds is 9. The maximum absolute atomic E-state index is 13.4. The molecule has 0 aliphatic carbocycles. The monoisotopic (exact) mass is 435 g/mol. The van der Waals surface area contributed by atoms with Gasteiger partial charge in [-0.15, -0.1) is 10.2 Å². The fourth-order valence-corrected chi connectivity index (χ4v) is 3.45. The zero-order chi connectivity index (χ0) is 20.6. The van der Waals surface area contributed by atoms with Gasteiger partial charge in [0.2, 0.25) is 0 Å². The molecule has 0 aliphatic rings. The summed E-state index contributed by atoms with van der Waals surface area (Å²) in [7, 11) is 0. The number of para-hydroxylation sites is 1. The summed E-state index contributed by atoms with van der Waals surface area (Å²) in [5, 5.41) is 9.66. The lowest BCUT2D eigenvalue weighted by atomic mass is 10.2. The number of carbonyl (C=O) groups is 1.